The Morgan fingerprint density at radius 1 is 1.53 bits per heavy atom. The van der Waals surface area contributed by atoms with E-state index in [1.54, 1.807) is 0 Å². The number of nitro benzene ring substituents is 1. The van der Waals surface area contributed by atoms with E-state index in [2.05, 4.69) is 19.2 Å². The van der Waals surface area contributed by atoms with E-state index in [0.29, 0.717) is 0 Å². The second-order valence-corrected chi connectivity index (χ2v) is 6.03. The summed E-state index contributed by atoms with van der Waals surface area (Å²) in [4.78, 5) is 10.4. The Kier molecular flexibility index (Phi) is 3.67. The molecular formula is C13H16ClFN2O2. The minimum Gasteiger partial charge on any atom is -0.376 e. The number of rotatable bonds is 3. The van der Waals surface area contributed by atoms with Crippen molar-refractivity contribution in [3.63, 3.8) is 0 Å². The summed E-state index contributed by atoms with van der Waals surface area (Å²) in [6.45, 7) is 4.24. The van der Waals surface area contributed by atoms with Crippen LogP contribution in [0.4, 0.5) is 15.8 Å². The van der Waals surface area contributed by atoms with Crippen molar-refractivity contribution in [2.45, 2.75) is 39.2 Å². The van der Waals surface area contributed by atoms with Crippen LogP contribution in [0.2, 0.25) is 5.02 Å². The predicted molar refractivity (Wildman–Crippen MR) is 73.1 cm³/mol. The first kappa shape index (κ1) is 14.1. The van der Waals surface area contributed by atoms with Gasteiger partial charge in [0.15, 0.2) is 0 Å². The number of nitrogens with zero attached hydrogens (tertiary/aromatic N) is 1. The summed E-state index contributed by atoms with van der Waals surface area (Å²) in [5, 5.41) is 14.0. The molecule has 0 saturated heterocycles. The number of anilines is 1. The van der Waals surface area contributed by atoms with E-state index in [1.165, 1.54) is 6.07 Å². The molecule has 4 nitrogen and oxygen atoms in total. The summed E-state index contributed by atoms with van der Waals surface area (Å²) >= 11 is 5.71. The average Bonchev–Trinajstić information content (AvgIpc) is 2.63. The fourth-order valence-electron chi connectivity index (χ4n) is 2.59. The van der Waals surface area contributed by atoms with E-state index in [0.717, 1.165) is 25.3 Å². The highest BCUT2D eigenvalue weighted by Crippen LogP contribution is 2.41. The molecule has 0 amide bonds. The maximum Gasteiger partial charge on any atom is 0.295 e. The van der Waals surface area contributed by atoms with Gasteiger partial charge < -0.3 is 5.32 Å². The van der Waals surface area contributed by atoms with Crippen molar-refractivity contribution in [3.05, 3.63) is 33.1 Å². The van der Waals surface area contributed by atoms with Gasteiger partial charge in [-0.25, -0.2) is 4.39 Å². The van der Waals surface area contributed by atoms with Gasteiger partial charge in [-0.3, -0.25) is 10.1 Å². The maximum atomic E-state index is 13.3. The summed E-state index contributed by atoms with van der Waals surface area (Å²) in [7, 11) is 0. The molecule has 1 aromatic rings. The van der Waals surface area contributed by atoms with Crippen LogP contribution in [0.15, 0.2) is 12.1 Å². The molecule has 1 aromatic carbocycles. The molecular weight excluding hydrogens is 271 g/mol. The van der Waals surface area contributed by atoms with Crippen molar-refractivity contribution in [2.24, 2.45) is 5.41 Å². The quantitative estimate of drug-likeness (QED) is 0.663. The summed E-state index contributed by atoms with van der Waals surface area (Å²) < 4.78 is 13.3. The van der Waals surface area contributed by atoms with Crippen molar-refractivity contribution >= 4 is 23.0 Å². The fourth-order valence-corrected chi connectivity index (χ4v) is 2.75. The molecule has 1 aliphatic carbocycles. The lowest BCUT2D eigenvalue weighted by molar-refractivity contribution is -0.384. The molecule has 1 N–H and O–H groups in total. The Morgan fingerprint density at radius 2 is 2.21 bits per heavy atom. The van der Waals surface area contributed by atoms with Gasteiger partial charge in [-0.05, 0) is 24.3 Å². The maximum absolute atomic E-state index is 13.3. The highest BCUT2D eigenvalue weighted by Gasteiger charge is 2.35. The van der Waals surface area contributed by atoms with Gasteiger partial charge in [-0.15, -0.1) is 0 Å². The van der Waals surface area contributed by atoms with Crippen LogP contribution in [0, 0.1) is 21.3 Å². The summed E-state index contributed by atoms with van der Waals surface area (Å²) in [6.07, 6.45) is 3.08. The zero-order valence-electron chi connectivity index (χ0n) is 10.9. The minimum absolute atomic E-state index is 0.0642. The molecule has 104 valence electrons. The highest BCUT2D eigenvalue weighted by molar-refractivity contribution is 6.31. The van der Waals surface area contributed by atoms with Crippen LogP contribution in [0.5, 0.6) is 0 Å². The first-order chi connectivity index (χ1) is 8.81. The van der Waals surface area contributed by atoms with Crippen LogP contribution in [-0.4, -0.2) is 11.0 Å². The number of hydrogen-bond donors (Lipinski definition) is 1. The first-order valence-corrected chi connectivity index (χ1v) is 6.59. The van der Waals surface area contributed by atoms with Gasteiger partial charge in [0.1, 0.15) is 11.5 Å². The number of hydrogen-bond acceptors (Lipinski definition) is 3. The summed E-state index contributed by atoms with van der Waals surface area (Å²) in [5.41, 5.74) is 0.0790. The number of halogens is 2. The van der Waals surface area contributed by atoms with Crippen molar-refractivity contribution < 1.29 is 9.31 Å². The normalized spacial score (nSPS) is 21.4. The van der Waals surface area contributed by atoms with E-state index >= 15 is 0 Å². The molecule has 0 heterocycles. The largest absolute Gasteiger partial charge is 0.376 e. The van der Waals surface area contributed by atoms with E-state index in [4.69, 9.17) is 11.6 Å². The molecule has 0 aromatic heterocycles. The smallest absolute Gasteiger partial charge is 0.295 e. The molecule has 1 unspecified atom stereocenters. The fraction of sp³-hybridized carbons (Fsp3) is 0.538. The zero-order valence-corrected chi connectivity index (χ0v) is 11.6. The molecule has 19 heavy (non-hydrogen) atoms. The van der Waals surface area contributed by atoms with E-state index in [1.807, 2.05) is 0 Å². The summed E-state index contributed by atoms with van der Waals surface area (Å²) in [5.74, 6) is -0.774. The third-order valence-corrected chi connectivity index (χ3v) is 4.11. The Bertz CT molecular complexity index is 520. The van der Waals surface area contributed by atoms with Gasteiger partial charge in [0.25, 0.3) is 5.69 Å². The second-order valence-electron chi connectivity index (χ2n) is 5.62. The van der Waals surface area contributed by atoms with Crippen LogP contribution >= 0.6 is 11.6 Å². The predicted octanol–water partition coefficient (Wildman–Crippen LogP) is 4.38. The monoisotopic (exact) mass is 286 g/mol. The molecule has 0 bridgehead atoms. The van der Waals surface area contributed by atoms with Gasteiger partial charge >= 0.3 is 0 Å². The Balaban J connectivity index is 2.34. The molecule has 0 aliphatic heterocycles. The van der Waals surface area contributed by atoms with E-state index in [-0.39, 0.29) is 27.9 Å². The molecule has 0 spiro atoms. The third-order valence-electron chi connectivity index (χ3n) is 3.82. The van der Waals surface area contributed by atoms with Gasteiger partial charge in [-0.2, -0.15) is 0 Å². The molecule has 2 rings (SSSR count). The molecule has 1 saturated carbocycles. The van der Waals surface area contributed by atoms with Crippen LogP contribution < -0.4 is 5.32 Å². The topological polar surface area (TPSA) is 55.2 Å². The average molecular weight is 287 g/mol. The van der Waals surface area contributed by atoms with Gasteiger partial charge in [-0.1, -0.05) is 31.9 Å². The van der Waals surface area contributed by atoms with Crippen LogP contribution in [0.3, 0.4) is 0 Å². The Hall–Kier alpha value is -1.36. The van der Waals surface area contributed by atoms with Crippen molar-refractivity contribution in [1.29, 1.82) is 0 Å². The third kappa shape index (κ3) is 2.81. The SMILES string of the molecule is CC1(C)CCCC1Nc1cc(Cl)c(F)cc1[N+](=O)[O-]. The molecule has 0 radical (unpaired) electrons. The molecule has 1 aliphatic rings. The van der Waals surface area contributed by atoms with Crippen LogP contribution in [0.25, 0.3) is 0 Å². The lowest BCUT2D eigenvalue weighted by Crippen LogP contribution is -2.31. The lowest BCUT2D eigenvalue weighted by Gasteiger charge is -2.28. The number of nitrogens with one attached hydrogen (secondary N) is 1. The van der Waals surface area contributed by atoms with Gasteiger partial charge in [0.05, 0.1) is 16.0 Å². The van der Waals surface area contributed by atoms with E-state index in [9.17, 15) is 14.5 Å². The van der Waals surface area contributed by atoms with Crippen LogP contribution in [-0.2, 0) is 0 Å². The van der Waals surface area contributed by atoms with Crippen molar-refractivity contribution in [3.8, 4) is 0 Å². The van der Waals surface area contributed by atoms with Crippen LogP contribution in [0.1, 0.15) is 33.1 Å². The number of nitro groups is 1. The standard InChI is InChI=1S/C13H16ClFN2O2/c1-13(2)5-3-4-12(13)16-10-6-8(14)9(15)7-11(10)17(18)19/h6-7,12,16H,3-5H2,1-2H3. The number of benzene rings is 1. The zero-order chi connectivity index (χ0) is 14.2. The van der Waals surface area contributed by atoms with Crippen molar-refractivity contribution in [2.75, 3.05) is 5.32 Å². The molecule has 6 heteroatoms. The van der Waals surface area contributed by atoms with Gasteiger partial charge in [0.2, 0.25) is 0 Å². The van der Waals surface area contributed by atoms with Gasteiger partial charge in [0, 0.05) is 6.04 Å². The minimum atomic E-state index is -0.774. The first-order valence-electron chi connectivity index (χ1n) is 6.21. The summed E-state index contributed by atoms with van der Waals surface area (Å²) in [6, 6.07) is 2.29. The second kappa shape index (κ2) is 4.96. The van der Waals surface area contributed by atoms with E-state index < -0.39 is 10.7 Å². The molecule has 1 atom stereocenters. The Morgan fingerprint density at radius 3 is 2.74 bits per heavy atom. The van der Waals surface area contributed by atoms with Crippen molar-refractivity contribution in [1.82, 2.24) is 0 Å². The lowest BCUT2D eigenvalue weighted by atomic mass is 9.87. The highest BCUT2D eigenvalue weighted by atomic mass is 35.5. The Labute approximate surface area is 116 Å². The molecule has 1 fully saturated rings.